The smallest absolute Gasteiger partial charge is 0.185 e. The molecule has 108 valence electrons. The molecule has 4 nitrogen and oxygen atoms in total. The van der Waals surface area contributed by atoms with Crippen molar-refractivity contribution in [2.45, 2.75) is 45.7 Å². The summed E-state index contributed by atoms with van der Waals surface area (Å²) in [4.78, 5) is 8.52. The van der Waals surface area contributed by atoms with Gasteiger partial charge in [0.25, 0.3) is 0 Å². The molecule has 1 N–H and O–H groups in total. The van der Waals surface area contributed by atoms with Crippen molar-refractivity contribution < 1.29 is 4.74 Å². The second kappa shape index (κ2) is 6.68. The van der Waals surface area contributed by atoms with Crippen molar-refractivity contribution in [2.75, 3.05) is 31.7 Å². The number of likely N-dealkylation sites (N-methyl/N-ethyl adjacent to an activating group) is 1. The van der Waals surface area contributed by atoms with E-state index < -0.39 is 0 Å². The molecule has 19 heavy (non-hydrogen) atoms. The van der Waals surface area contributed by atoms with Gasteiger partial charge < -0.3 is 15.0 Å². The van der Waals surface area contributed by atoms with Gasteiger partial charge in [-0.25, -0.2) is 4.98 Å². The number of rotatable bonds is 6. The molecule has 0 spiro atoms. The van der Waals surface area contributed by atoms with Gasteiger partial charge in [0.2, 0.25) is 0 Å². The molecule has 1 aliphatic rings. The van der Waals surface area contributed by atoms with Crippen LogP contribution in [0.15, 0.2) is 0 Å². The molecule has 5 heteroatoms. The predicted octanol–water partition coefficient (Wildman–Crippen LogP) is 2.60. The van der Waals surface area contributed by atoms with E-state index >= 15 is 0 Å². The predicted molar refractivity (Wildman–Crippen MR) is 81.2 cm³/mol. The van der Waals surface area contributed by atoms with Gasteiger partial charge in [-0.2, -0.15) is 0 Å². The quantitative estimate of drug-likeness (QED) is 0.871. The SMILES string of the molecule is CCNCc1sc(N(C)C2CCOC2)nc1C(C)C. The molecule has 0 bridgehead atoms. The van der Waals surface area contributed by atoms with E-state index in [1.54, 1.807) is 0 Å². The van der Waals surface area contributed by atoms with Gasteiger partial charge in [-0.3, -0.25) is 0 Å². The molecule has 2 rings (SSSR count). The average molecular weight is 283 g/mol. The van der Waals surface area contributed by atoms with Crippen molar-refractivity contribution in [3.63, 3.8) is 0 Å². The van der Waals surface area contributed by atoms with Crippen molar-refractivity contribution in [2.24, 2.45) is 0 Å². The fraction of sp³-hybridized carbons (Fsp3) is 0.786. The molecular formula is C14H25N3OS. The molecule has 1 aromatic rings. The Morgan fingerprint density at radius 1 is 1.53 bits per heavy atom. The van der Waals surface area contributed by atoms with E-state index in [4.69, 9.17) is 9.72 Å². The van der Waals surface area contributed by atoms with Crippen LogP contribution < -0.4 is 10.2 Å². The van der Waals surface area contributed by atoms with Crippen LogP contribution in [0.25, 0.3) is 0 Å². The first-order valence-corrected chi connectivity index (χ1v) is 7.96. The number of aromatic nitrogens is 1. The minimum Gasteiger partial charge on any atom is -0.379 e. The van der Waals surface area contributed by atoms with E-state index in [1.807, 2.05) is 11.3 Å². The first-order chi connectivity index (χ1) is 9.13. The highest BCUT2D eigenvalue weighted by atomic mass is 32.1. The molecule has 1 atom stereocenters. The van der Waals surface area contributed by atoms with Crippen molar-refractivity contribution >= 4 is 16.5 Å². The minimum atomic E-state index is 0.479. The molecule has 0 saturated carbocycles. The van der Waals surface area contributed by atoms with Gasteiger partial charge in [0.15, 0.2) is 5.13 Å². The Bertz CT molecular complexity index is 399. The van der Waals surface area contributed by atoms with Crippen LogP contribution in [0.2, 0.25) is 0 Å². The summed E-state index contributed by atoms with van der Waals surface area (Å²) in [5.74, 6) is 0.479. The van der Waals surface area contributed by atoms with E-state index in [9.17, 15) is 0 Å². The molecule has 1 unspecified atom stereocenters. The minimum absolute atomic E-state index is 0.479. The summed E-state index contributed by atoms with van der Waals surface area (Å²) >= 11 is 1.82. The summed E-state index contributed by atoms with van der Waals surface area (Å²) in [5, 5.41) is 4.54. The number of anilines is 1. The number of nitrogens with one attached hydrogen (secondary N) is 1. The van der Waals surface area contributed by atoms with Gasteiger partial charge in [-0.15, -0.1) is 11.3 Å². The Morgan fingerprint density at radius 3 is 2.89 bits per heavy atom. The maximum atomic E-state index is 5.47. The van der Waals surface area contributed by atoms with Gasteiger partial charge in [0.1, 0.15) is 0 Å². The maximum absolute atomic E-state index is 5.47. The lowest BCUT2D eigenvalue weighted by molar-refractivity contribution is 0.193. The molecule has 2 heterocycles. The molecule has 1 aromatic heterocycles. The fourth-order valence-electron chi connectivity index (χ4n) is 2.30. The number of ether oxygens (including phenoxy) is 1. The summed E-state index contributed by atoms with van der Waals surface area (Å²) in [7, 11) is 2.14. The highest BCUT2D eigenvalue weighted by Crippen LogP contribution is 2.32. The van der Waals surface area contributed by atoms with Crippen LogP contribution in [0.5, 0.6) is 0 Å². The topological polar surface area (TPSA) is 37.4 Å². The molecule has 0 amide bonds. The molecule has 1 aliphatic heterocycles. The summed E-state index contributed by atoms with van der Waals surface area (Å²) < 4.78 is 5.47. The summed E-state index contributed by atoms with van der Waals surface area (Å²) in [6.45, 7) is 10.2. The fourth-order valence-corrected chi connectivity index (χ4v) is 3.52. The monoisotopic (exact) mass is 283 g/mol. The molecular weight excluding hydrogens is 258 g/mol. The normalized spacial score (nSPS) is 19.3. The second-order valence-corrected chi connectivity index (χ2v) is 6.43. The third-order valence-corrected chi connectivity index (χ3v) is 4.72. The summed E-state index contributed by atoms with van der Waals surface area (Å²) in [6, 6.07) is 0.484. The first-order valence-electron chi connectivity index (χ1n) is 7.14. The van der Waals surface area contributed by atoms with E-state index in [0.717, 1.165) is 37.9 Å². The number of nitrogens with zero attached hydrogens (tertiary/aromatic N) is 2. The van der Waals surface area contributed by atoms with Crippen molar-refractivity contribution in [1.29, 1.82) is 0 Å². The Morgan fingerprint density at radius 2 is 2.32 bits per heavy atom. The largest absolute Gasteiger partial charge is 0.379 e. The summed E-state index contributed by atoms with van der Waals surface area (Å²) in [5.41, 5.74) is 1.24. The maximum Gasteiger partial charge on any atom is 0.185 e. The second-order valence-electron chi connectivity index (χ2n) is 5.37. The van der Waals surface area contributed by atoms with Crippen molar-refractivity contribution in [3.05, 3.63) is 10.6 Å². The van der Waals surface area contributed by atoms with Gasteiger partial charge in [0, 0.05) is 25.1 Å². The molecule has 1 saturated heterocycles. The van der Waals surface area contributed by atoms with Gasteiger partial charge in [-0.1, -0.05) is 20.8 Å². The number of thiazole rings is 1. The van der Waals surface area contributed by atoms with Crippen LogP contribution in [-0.4, -0.2) is 37.8 Å². The van der Waals surface area contributed by atoms with E-state index in [1.165, 1.54) is 10.6 Å². The Balaban J connectivity index is 2.15. The van der Waals surface area contributed by atoms with E-state index in [2.05, 4.69) is 38.0 Å². The summed E-state index contributed by atoms with van der Waals surface area (Å²) in [6.07, 6.45) is 1.11. The van der Waals surface area contributed by atoms with Crippen LogP contribution in [0.1, 0.15) is 43.7 Å². The third kappa shape index (κ3) is 3.46. The Kier molecular flexibility index (Phi) is 5.19. The Labute approximate surface area is 120 Å². The zero-order valence-corrected chi connectivity index (χ0v) is 13.2. The van der Waals surface area contributed by atoms with Gasteiger partial charge >= 0.3 is 0 Å². The lowest BCUT2D eigenvalue weighted by atomic mass is 10.1. The van der Waals surface area contributed by atoms with Crippen molar-refractivity contribution in [1.82, 2.24) is 10.3 Å². The first kappa shape index (κ1) is 14.8. The van der Waals surface area contributed by atoms with E-state index in [0.29, 0.717) is 12.0 Å². The molecule has 0 aromatic carbocycles. The zero-order valence-electron chi connectivity index (χ0n) is 12.4. The molecule has 1 fully saturated rings. The van der Waals surface area contributed by atoms with Crippen LogP contribution in [0.4, 0.5) is 5.13 Å². The lowest BCUT2D eigenvalue weighted by Crippen LogP contribution is -2.31. The van der Waals surface area contributed by atoms with Crippen molar-refractivity contribution in [3.8, 4) is 0 Å². The highest BCUT2D eigenvalue weighted by Gasteiger charge is 2.24. The standard InChI is InChI=1S/C14H25N3OS/c1-5-15-8-12-13(10(2)3)16-14(19-12)17(4)11-6-7-18-9-11/h10-11,15H,5-9H2,1-4H3. The number of hydrogen-bond donors (Lipinski definition) is 1. The third-order valence-electron chi connectivity index (χ3n) is 3.55. The van der Waals surface area contributed by atoms with E-state index in [-0.39, 0.29) is 0 Å². The van der Waals surface area contributed by atoms with Gasteiger partial charge in [0.05, 0.1) is 18.3 Å². The molecule has 0 aliphatic carbocycles. The van der Waals surface area contributed by atoms with Crippen LogP contribution >= 0.6 is 11.3 Å². The molecule has 0 radical (unpaired) electrons. The number of hydrogen-bond acceptors (Lipinski definition) is 5. The zero-order chi connectivity index (χ0) is 13.8. The van der Waals surface area contributed by atoms with Crippen LogP contribution in [0, 0.1) is 0 Å². The van der Waals surface area contributed by atoms with Gasteiger partial charge in [-0.05, 0) is 18.9 Å². The average Bonchev–Trinajstić information content (AvgIpc) is 3.04. The highest BCUT2D eigenvalue weighted by molar-refractivity contribution is 7.15. The van der Waals surface area contributed by atoms with Crippen LogP contribution in [0.3, 0.4) is 0 Å². The lowest BCUT2D eigenvalue weighted by Gasteiger charge is -2.22. The van der Waals surface area contributed by atoms with Crippen LogP contribution in [-0.2, 0) is 11.3 Å². The Hall–Kier alpha value is -0.650.